The van der Waals surface area contributed by atoms with E-state index in [9.17, 15) is 4.79 Å². The number of amides is 1. The first-order valence-corrected chi connectivity index (χ1v) is 16.6. The molecule has 8 nitrogen and oxygen atoms in total. The van der Waals surface area contributed by atoms with Crippen molar-refractivity contribution >= 4 is 5.91 Å². The molecule has 1 amide bonds. The summed E-state index contributed by atoms with van der Waals surface area (Å²) in [6.07, 6.45) is 1.54. The molecular weight excluding hydrogens is 602 g/mol. The van der Waals surface area contributed by atoms with E-state index < -0.39 is 5.60 Å². The molecule has 1 saturated heterocycles. The van der Waals surface area contributed by atoms with Gasteiger partial charge in [-0.3, -0.25) is 9.69 Å². The van der Waals surface area contributed by atoms with Crippen LogP contribution in [0, 0.1) is 0 Å². The highest BCUT2D eigenvalue weighted by Crippen LogP contribution is 2.36. The van der Waals surface area contributed by atoms with Crippen molar-refractivity contribution in [2.45, 2.75) is 39.2 Å². The van der Waals surface area contributed by atoms with Gasteiger partial charge in [0.2, 0.25) is 0 Å². The van der Waals surface area contributed by atoms with Crippen LogP contribution in [0.25, 0.3) is 22.3 Å². The largest absolute Gasteiger partial charge is 0.379 e. The fourth-order valence-electron chi connectivity index (χ4n) is 5.98. The van der Waals surface area contributed by atoms with Crippen LogP contribution in [-0.2, 0) is 39.6 Å². The van der Waals surface area contributed by atoms with E-state index in [2.05, 4.69) is 83.0 Å². The van der Waals surface area contributed by atoms with Gasteiger partial charge in [0.15, 0.2) is 5.69 Å². The molecule has 0 radical (unpaired) electrons. The van der Waals surface area contributed by atoms with Crippen molar-refractivity contribution in [3.05, 3.63) is 137 Å². The van der Waals surface area contributed by atoms with Gasteiger partial charge in [0, 0.05) is 26.2 Å². The quantitative estimate of drug-likeness (QED) is 0.136. The average Bonchev–Trinajstić information content (AvgIpc) is 3.63. The smallest absolute Gasteiger partial charge is 0.274 e. The third-order valence-corrected chi connectivity index (χ3v) is 8.71. The highest BCUT2D eigenvalue weighted by atomic mass is 16.5. The molecule has 0 saturated carbocycles. The maximum atomic E-state index is 12.8. The number of hydrogen-bond donors (Lipinski definition) is 1. The van der Waals surface area contributed by atoms with Gasteiger partial charge in [0.1, 0.15) is 11.9 Å². The van der Waals surface area contributed by atoms with E-state index in [0.717, 1.165) is 66.2 Å². The number of ether oxygens (including phenoxy) is 3. The predicted octanol–water partition coefficient (Wildman–Crippen LogP) is 7.24. The Morgan fingerprint density at radius 3 is 2.29 bits per heavy atom. The van der Waals surface area contributed by atoms with Crippen molar-refractivity contribution in [1.82, 2.24) is 15.4 Å². The van der Waals surface area contributed by atoms with Crippen molar-refractivity contribution in [2.75, 3.05) is 39.5 Å². The zero-order valence-electron chi connectivity index (χ0n) is 27.7. The number of nitrogens with one attached hydrogen (secondary N) is 1. The summed E-state index contributed by atoms with van der Waals surface area (Å²) in [6, 6.07) is 35.3. The maximum Gasteiger partial charge on any atom is 0.274 e. The van der Waals surface area contributed by atoms with E-state index >= 15 is 0 Å². The number of carbonyl (C=O) groups excluding carboxylic acids is 1. The zero-order valence-corrected chi connectivity index (χ0v) is 27.7. The van der Waals surface area contributed by atoms with Crippen molar-refractivity contribution in [2.24, 2.45) is 0 Å². The van der Waals surface area contributed by atoms with Gasteiger partial charge in [-0.25, -0.2) is 0 Å². The molecule has 8 heteroatoms. The van der Waals surface area contributed by atoms with Gasteiger partial charge in [0.25, 0.3) is 5.91 Å². The Bertz CT molecular complexity index is 1770. The van der Waals surface area contributed by atoms with Crippen molar-refractivity contribution in [3.8, 4) is 22.3 Å². The second-order valence-corrected chi connectivity index (χ2v) is 12.3. The minimum Gasteiger partial charge on any atom is -0.379 e. The minimum atomic E-state index is -0.734. The number of nitrogens with zero attached hydrogens (tertiary/aromatic N) is 2. The first-order chi connectivity index (χ1) is 23.5. The number of benzene rings is 4. The first-order valence-electron chi connectivity index (χ1n) is 16.6. The SMILES string of the molecule is CCNC(=O)c1nocc1-c1ccc(CN2CCOCC2)c(-c2cccc(C(C)(COCc3ccccc3)OCc3ccccc3)c2)c1. The lowest BCUT2D eigenvalue weighted by Gasteiger charge is -2.31. The molecule has 48 heavy (non-hydrogen) atoms. The maximum absolute atomic E-state index is 12.8. The molecule has 0 bridgehead atoms. The van der Waals surface area contributed by atoms with E-state index in [4.69, 9.17) is 18.7 Å². The summed E-state index contributed by atoms with van der Waals surface area (Å²) in [7, 11) is 0. The van der Waals surface area contributed by atoms with Gasteiger partial charge in [-0.2, -0.15) is 0 Å². The monoisotopic (exact) mass is 645 g/mol. The third kappa shape index (κ3) is 8.27. The molecule has 1 N–H and O–H groups in total. The molecule has 0 aliphatic carbocycles. The Balaban J connectivity index is 1.36. The second-order valence-electron chi connectivity index (χ2n) is 12.3. The molecule has 248 valence electrons. The lowest BCUT2D eigenvalue weighted by Crippen LogP contribution is -2.35. The Kier molecular flexibility index (Phi) is 11.1. The van der Waals surface area contributed by atoms with E-state index in [-0.39, 0.29) is 11.6 Å². The van der Waals surface area contributed by atoms with Crippen LogP contribution in [0.3, 0.4) is 0 Å². The van der Waals surface area contributed by atoms with E-state index in [1.54, 1.807) is 6.26 Å². The minimum absolute atomic E-state index is 0.260. The molecule has 5 aromatic rings. The van der Waals surface area contributed by atoms with Crippen molar-refractivity contribution in [3.63, 3.8) is 0 Å². The zero-order chi connectivity index (χ0) is 33.2. The lowest BCUT2D eigenvalue weighted by molar-refractivity contribution is -0.104. The molecule has 6 rings (SSSR count). The van der Waals surface area contributed by atoms with E-state index in [1.807, 2.05) is 49.4 Å². The summed E-state index contributed by atoms with van der Waals surface area (Å²) < 4.78 is 24.0. The van der Waals surface area contributed by atoms with Crippen LogP contribution >= 0.6 is 0 Å². The highest BCUT2D eigenvalue weighted by Gasteiger charge is 2.29. The molecule has 1 unspecified atom stereocenters. The van der Waals surface area contributed by atoms with Crippen LogP contribution in [0.4, 0.5) is 0 Å². The fraction of sp³-hybridized carbons (Fsp3) is 0.300. The summed E-state index contributed by atoms with van der Waals surface area (Å²) >= 11 is 0. The Labute approximate surface area is 282 Å². The number of rotatable bonds is 14. The molecule has 2 heterocycles. The van der Waals surface area contributed by atoms with Crippen molar-refractivity contribution in [1.29, 1.82) is 0 Å². The molecule has 0 spiro atoms. The lowest BCUT2D eigenvalue weighted by atomic mass is 9.89. The number of morpholine rings is 1. The van der Waals surface area contributed by atoms with Crippen LogP contribution in [0.5, 0.6) is 0 Å². The van der Waals surface area contributed by atoms with E-state index in [0.29, 0.717) is 31.9 Å². The average molecular weight is 646 g/mol. The predicted molar refractivity (Wildman–Crippen MR) is 186 cm³/mol. The topological polar surface area (TPSA) is 86.1 Å². The van der Waals surface area contributed by atoms with Gasteiger partial charge < -0.3 is 24.1 Å². The Morgan fingerprint density at radius 1 is 0.854 bits per heavy atom. The number of aromatic nitrogens is 1. The Hall–Kier alpha value is -4.60. The highest BCUT2D eigenvalue weighted by molar-refractivity contribution is 5.99. The van der Waals surface area contributed by atoms with Gasteiger partial charge in [-0.1, -0.05) is 96.2 Å². The summed E-state index contributed by atoms with van der Waals surface area (Å²) in [5.74, 6) is -0.260. The van der Waals surface area contributed by atoms with Crippen LogP contribution < -0.4 is 5.32 Å². The molecule has 1 atom stereocenters. The summed E-state index contributed by atoms with van der Waals surface area (Å²) in [4.78, 5) is 15.2. The van der Waals surface area contributed by atoms with Gasteiger partial charge in [0.05, 0.1) is 38.6 Å². The molecule has 1 aromatic heterocycles. The number of carbonyl (C=O) groups is 1. The molecule has 4 aromatic carbocycles. The summed E-state index contributed by atoms with van der Waals surface area (Å²) in [5.41, 5.74) is 7.57. The van der Waals surface area contributed by atoms with Crippen LogP contribution in [0.15, 0.2) is 114 Å². The van der Waals surface area contributed by atoms with Gasteiger partial charge in [-0.15, -0.1) is 0 Å². The fourth-order valence-corrected chi connectivity index (χ4v) is 5.98. The second kappa shape index (κ2) is 16.0. The van der Waals surface area contributed by atoms with Crippen molar-refractivity contribution < 1.29 is 23.5 Å². The van der Waals surface area contributed by atoms with Crippen LogP contribution in [0.2, 0.25) is 0 Å². The standard InChI is InChI=1S/C40H43N3O5/c1-3-41-39(44)38-37(28-48-42-38)33-17-18-34(25-43-19-21-45-22-20-43)36(24-33)32-15-10-16-35(23-32)40(2,47-27-31-13-8-5-9-14-31)29-46-26-30-11-6-4-7-12-30/h4-18,23-24,28H,3,19-22,25-27,29H2,1-2H3,(H,41,44). The van der Waals surface area contributed by atoms with Crippen LogP contribution in [0.1, 0.15) is 46.6 Å². The van der Waals surface area contributed by atoms with E-state index in [1.165, 1.54) is 5.56 Å². The van der Waals surface area contributed by atoms with Crippen LogP contribution in [-0.4, -0.2) is 55.4 Å². The molecule has 1 aliphatic rings. The number of hydrogen-bond acceptors (Lipinski definition) is 7. The third-order valence-electron chi connectivity index (χ3n) is 8.71. The molecular formula is C40H43N3O5. The normalized spacial score (nSPS) is 14.8. The van der Waals surface area contributed by atoms with Gasteiger partial charge >= 0.3 is 0 Å². The summed E-state index contributed by atoms with van der Waals surface area (Å²) in [5, 5.41) is 6.87. The molecule has 1 fully saturated rings. The molecule has 1 aliphatic heterocycles. The Morgan fingerprint density at radius 2 is 1.56 bits per heavy atom. The van der Waals surface area contributed by atoms with Gasteiger partial charge in [-0.05, 0) is 64.9 Å². The summed E-state index contributed by atoms with van der Waals surface area (Å²) in [6.45, 7) is 9.76. The first kappa shape index (κ1) is 33.3.